The Labute approximate surface area is 120 Å². The van der Waals surface area contributed by atoms with E-state index in [0.717, 1.165) is 50.0 Å². The molecule has 1 aromatic heterocycles. The second kappa shape index (κ2) is 7.22. The molecule has 0 atom stereocenters. The van der Waals surface area contributed by atoms with Crippen LogP contribution in [0.5, 0.6) is 0 Å². The van der Waals surface area contributed by atoms with Gasteiger partial charge in [0, 0.05) is 17.8 Å². The first kappa shape index (κ1) is 14.8. The summed E-state index contributed by atoms with van der Waals surface area (Å²) >= 11 is 0. The molecule has 1 aromatic rings. The van der Waals surface area contributed by atoms with E-state index < -0.39 is 0 Å². The lowest BCUT2D eigenvalue weighted by Gasteiger charge is -2.27. The Bertz CT molecular complexity index is 442. The summed E-state index contributed by atoms with van der Waals surface area (Å²) in [4.78, 5) is 20.0. The zero-order valence-electron chi connectivity index (χ0n) is 12.3. The normalized spacial score (nSPS) is 22.3. The molecule has 0 unspecified atom stereocenters. The number of carbonyl (C=O) groups excluding carboxylic acids is 1. The summed E-state index contributed by atoms with van der Waals surface area (Å²) in [7, 11) is 1.46. The van der Waals surface area contributed by atoms with Crippen molar-refractivity contribution in [2.45, 2.75) is 51.5 Å². The topological polar surface area (TPSA) is 64.1 Å². The van der Waals surface area contributed by atoms with Crippen LogP contribution in [-0.4, -0.2) is 29.1 Å². The summed E-state index contributed by atoms with van der Waals surface area (Å²) < 4.78 is 4.81. The van der Waals surface area contributed by atoms with Crippen molar-refractivity contribution in [3.63, 3.8) is 0 Å². The first-order chi connectivity index (χ1) is 9.72. The molecule has 0 radical (unpaired) electrons. The molecule has 5 nitrogen and oxygen atoms in total. The molecule has 1 aliphatic carbocycles. The van der Waals surface area contributed by atoms with Gasteiger partial charge >= 0.3 is 5.97 Å². The Morgan fingerprint density at radius 3 is 2.75 bits per heavy atom. The lowest BCUT2D eigenvalue weighted by atomic mass is 9.86. The van der Waals surface area contributed by atoms with Crippen LogP contribution in [0.15, 0.2) is 12.4 Å². The third-order valence-corrected chi connectivity index (χ3v) is 3.84. The van der Waals surface area contributed by atoms with Gasteiger partial charge in [-0.1, -0.05) is 13.3 Å². The predicted octanol–water partition coefficient (Wildman–Crippen LogP) is 2.57. The number of hydrogen-bond donors (Lipinski definition) is 1. The maximum absolute atomic E-state index is 11.5. The number of nitrogens with zero attached hydrogens (tertiary/aromatic N) is 2. The van der Waals surface area contributed by atoms with Crippen molar-refractivity contribution in [3.8, 4) is 0 Å². The minimum absolute atomic E-state index is 0.0686. The van der Waals surface area contributed by atoms with Gasteiger partial charge in [0.15, 0.2) is 0 Å². The van der Waals surface area contributed by atoms with Crippen molar-refractivity contribution < 1.29 is 9.53 Å². The molecule has 0 spiro atoms. The first-order valence-electron chi connectivity index (χ1n) is 7.38. The van der Waals surface area contributed by atoms with Crippen molar-refractivity contribution in [3.05, 3.63) is 18.1 Å². The second-order valence-corrected chi connectivity index (χ2v) is 5.36. The Morgan fingerprint density at radius 1 is 1.35 bits per heavy atom. The van der Waals surface area contributed by atoms with Crippen LogP contribution in [0.2, 0.25) is 0 Å². The average Bonchev–Trinajstić information content (AvgIpc) is 2.48. The Kier molecular flexibility index (Phi) is 5.32. The van der Waals surface area contributed by atoms with E-state index in [1.165, 1.54) is 7.11 Å². The van der Waals surface area contributed by atoms with Crippen LogP contribution in [-0.2, 0) is 16.0 Å². The molecule has 1 heterocycles. The largest absolute Gasteiger partial charge is 0.469 e. The monoisotopic (exact) mass is 277 g/mol. The van der Waals surface area contributed by atoms with Gasteiger partial charge in [-0.05, 0) is 32.1 Å². The molecule has 0 saturated heterocycles. The predicted molar refractivity (Wildman–Crippen MR) is 77.4 cm³/mol. The summed E-state index contributed by atoms with van der Waals surface area (Å²) in [5.74, 6) is 0.889. The van der Waals surface area contributed by atoms with Crippen LogP contribution in [0.1, 0.15) is 44.7 Å². The van der Waals surface area contributed by atoms with Gasteiger partial charge in [0.1, 0.15) is 12.1 Å². The van der Waals surface area contributed by atoms with E-state index in [0.29, 0.717) is 6.04 Å². The van der Waals surface area contributed by atoms with Crippen LogP contribution in [0, 0.1) is 5.92 Å². The average molecular weight is 277 g/mol. The van der Waals surface area contributed by atoms with E-state index in [4.69, 9.17) is 4.74 Å². The fourth-order valence-electron chi connectivity index (χ4n) is 2.72. The number of aromatic nitrogens is 2. The molecule has 2 rings (SSSR count). The van der Waals surface area contributed by atoms with E-state index in [-0.39, 0.29) is 11.9 Å². The zero-order valence-corrected chi connectivity index (χ0v) is 12.3. The van der Waals surface area contributed by atoms with Gasteiger partial charge in [-0.15, -0.1) is 0 Å². The second-order valence-electron chi connectivity index (χ2n) is 5.36. The Balaban J connectivity index is 1.86. The maximum Gasteiger partial charge on any atom is 0.308 e. The van der Waals surface area contributed by atoms with Gasteiger partial charge in [0.05, 0.1) is 13.0 Å². The summed E-state index contributed by atoms with van der Waals surface area (Å²) in [6.45, 7) is 2.14. The van der Waals surface area contributed by atoms with Crippen molar-refractivity contribution in [1.82, 2.24) is 9.97 Å². The van der Waals surface area contributed by atoms with E-state index in [1.54, 1.807) is 6.33 Å². The molecule has 20 heavy (non-hydrogen) atoms. The maximum atomic E-state index is 11.5. The van der Waals surface area contributed by atoms with E-state index in [9.17, 15) is 4.79 Å². The molecule has 110 valence electrons. The minimum atomic E-state index is -0.0734. The molecular formula is C15H23N3O2. The smallest absolute Gasteiger partial charge is 0.308 e. The van der Waals surface area contributed by atoms with Crippen molar-refractivity contribution >= 4 is 11.8 Å². The summed E-state index contributed by atoms with van der Waals surface area (Å²) in [6.07, 6.45) is 7.41. The van der Waals surface area contributed by atoms with Crippen LogP contribution in [0.4, 0.5) is 5.82 Å². The molecule has 0 bridgehead atoms. The molecule has 1 fully saturated rings. The van der Waals surface area contributed by atoms with Gasteiger partial charge in [0.25, 0.3) is 0 Å². The lowest BCUT2D eigenvalue weighted by molar-refractivity contribution is -0.146. The molecule has 0 aromatic carbocycles. The number of hydrogen-bond acceptors (Lipinski definition) is 5. The Hall–Kier alpha value is -1.65. The number of anilines is 1. The summed E-state index contributed by atoms with van der Waals surface area (Å²) in [6, 6.07) is 2.41. The minimum Gasteiger partial charge on any atom is -0.469 e. The number of esters is 1. The highest BCUT2D eigenvalue weighted by molar-refractivity contribution is 5.72. The van der Waals surface area contributed by atoms with Crippen molar-refractivity contribution in [2.75, 3.05) is 12.4 Å². The number of carbonyl (C=O) groups is 1. The first-order valence-corrected chi connectivity index (χ1v) is 7.38. The number of ether oxygens (including phenoxy) is 1. The van der Waals surface area contributed by atoms with Crippen molar-refractivity contribution in [1.29, 1.82) is 0 Å². The molecule has 0 aliphatic heterocycles. The van der Waals surface area contributed by atoms with Gasteiger partial charge < -0.3 is 10.1 Å². The molecule has 0 amide bonds. The highest BCUT2D eigenvalue weighted by Crippen LogP contribution is 2.27. The van der Waals surface area contributed by atoms with Crippen molar-refractivity contribution in [2.24, 2.45) is 5.92 Å². The van der Waals surface area contributed by atoms with Gasteiger partial charge in [0.2, 0.25) is 0 Å². The fourth-order valence-corrected chi connectivity index (χ4v) is 2.72. The van der Waals surface area contributed by atoms with Gasteiger partial charge in [-0.25, -0.2) is 9.97 Å². The summed E-state index contributed by atoms with van der Waals surface area (Å²) in [5.41, 5.74) is 1.08. The summed E-state index contributed by atoms with van der Waals surface area (Å²) in [5, 5.41) is 3.45. The number of rotatable bonds is 5. The van der Waals surface area contributed by atoms with Crippen LogP contribution >= 0.6 is 0 Å². The number of nitrogens with one attached hydrogen (secondary N) is 1. The van der Waals surface area contributed by atoms with Crippen LogP contribution in [0.3, 0.4) is 0 Å². The fraction of sp³-hybridized carbons (Fsp3) is 0.667. The molecular weight excluding hydrogens is 254 g/mol. The van der Waals surface area contributed by atoms with Gasteiger partial charge in [-0.3, -0.25) is 4.79 Å². The van der Waals surface area contributed by atoms with Crippen LogP contribution < -0.4 is 5.32 Å². The number of methoxy groups -OCH3 is 1. The SMILES string of the molecule is CCCc1cc(NC2CCC(C(=O)OC)CC2)ncn1. The molecule has 1 aliphatic rings. The van der Waals surface area contributed by atoms with Gasteiger partial charge in [-0.2, -0.15) is 0 Å². The van der Waals surface area contributed by atoms with E-state index in [1.807, 2.05) is 6.07 Å². The third kappa shape index (κ3) is 3.92. The molecule has 1 saturated carbocycles. The molecule has 5 heteroatoms. The Morgan fingerprint density at radius 2 is 2.10 bits per heavy atom. The highest BCUT2D eigenvalue weighted by Gasteiger charge is 2.26. The lowest BCUT2D eigenvalue weighted by Crippen LogP contribution is -2.30. The zero-order chi connectivity index (χ0) is 14.4. The number of aryl methyl sites for hydroxylation is 1. The standard InChI is InChI=1S/C15H23N3O2/c1-3-4-13-9-14(17-10-16-13)18-12-7-5-11(6-8-12)15(19)20-2/h9-12H,3-8H2,1-2H3,(H,16,17,18). The van der Waals surface area contributed by atoms with E-state index in [2.05, 4.69) is 22.2 Å². The quantitative estimate of drug-likeness (QED) is 0.838. The van der Waals surface area contributed by atoms with E-state index >= 15 is 0 Å². The third-order valence-electron chi connectivity index (χ3n) is 3.84. The molecule has 1 N–H and O–H groups in total. The van der Waals surface area contributed by atoms with Crippen LogP contribution in [0.25, 0.3) is 0 Å². The highest BCUT2D eigenvalue weighted by atomic mass is 16.5.